The van der Waals surface area contributed by atoms with Crippen molar-refractivity contribution in [2.24, 2.45) is 0 Å². The number of aliphatic carboxylic acids is 1. The van der Waals surface area contributed by atoms with Crippen molar-refractivity contribution in [1.29, 1.82) is 0 Å². The van der Waals surface area contributed by atoms with Crippen molar-refractivity contribution in [3.05, 3.63) is 85.1 Å². The molecular formula is C59H102NO10P. The number of carboxylic acid groups (broad SMARTS) is 1. The Hall–Kier alpha value is -3.34. The van der Waals surface area contributed by atoms with Crippen molar-refractivity contribution in [2.75, 3.05) is 19.8 Å². The van der Waals surface area contributed by atoms with Gasteiger partial charge in [-0.15, -0.1) is 0 Å². The van der Waals surface area contributed by atoms with Gasteiger partial charge in [0, 0.05) is 12.8 Å². The molecule has 0 bridgehead atoms. The van der Waals surface area contributed by atoms with Gasteiger partial charge < -0.3 is 25.2 Å². The van der Waals surface area contributed by atoms with E-state index in [9.17, 15) is 34.1 Å². The van der Waals surface area contributed by atoms with E-state index in [4.69, 9.17) is 13.8 Å². The zero-order valence-corrected chi connectivity index (χ0v) is 45.6. The van der Waals surface area contributed by atoms with Crippen LogP contribution in [-0.2, 0) is 32.7 Å². The van der Waals surface area contributed by atoms with Gasteiger partial charge in [-0.25, -0.2) is 9.36 Å². The molecule has 0 radical (unpaired) electrons. The number of ether oxygens (including phenoxy) is 1. The van der Waals surface area contributed by atoms with Gasteiger partial charge in [0.1, 0.15) is 12.7 Å². The topological polar surface area (TPSA) is 169 Å². The molecule has 71 heavy (non-hydrogen) atoms. The van der Waals surface area contributed by atoms with E-state index in [0.717, 1.165) is 64.2 Å². The van der Waals surface area contributed by atoms with Gasteiger partial charge in [0.2, 0.25) is 5.91 Å². The molecule has 0 saturated carbocycles. The van der Waals surface area contributed by atoms with Crippen LogP contribution in [0.15, 0.2) is 85.1 Å². The molecule has 0 aliphatic heterocycles. The summed E-state index contributed by atoms with van der Waals surface area (Å²) >= 11 is 0. The van der Waals surface area contributed by atoms with E-state index >= 15 is 0 Å². The summed E-state index contributed by atoms with van der Waals surface area (Å²) < 4.78 is 27.0. The average Bonchev–Trinajstić information content (AvgIpc) is 3.35. The second kappa shape index (κ2) is 53.0. The third-order valence-corrected chi connectivity index (χ3v) is 12.9. The Morgan fingerprint density at radius 3 is 1.20 bits per heavy atom. The average molecular weight is 1020 g/mol. The molecule has 0 aliphatic rings. The number of carbonyl (C=O) groups is 3. The normalized spacial score (nSPS) is 14.1. The number of unbranched alkanes of at least 4 members (excludes halogenated alkanes) is 24. The molecule has 0 spiro atoms. The summed E-state index contributed by atoms with van der Waals surface area (Å²) in [7, 11) is -4.79. The smallest absolute Gasteiger partial charge is 0.472 e. The molecule has 0 aliphatic carbocycles. The van der Waals surface area contributed by atoms with E-state index in [1.54, 1.807) is 0 Å². The molecule has 0 aromatic rings. The Balaban J connectivity index is 3.86. The number of rotatable bonds is 52. The summed E-state index contributed by atoms with van der Waals surface area (Å²) in [4.78, 5) is 46.2. The fraction of sp³-hybridized carbons (Fsp3) is 0.712. The first-order valence-electron chi connectivity index (χ1n) is 28.1. The van der Waals surface area contributed by atoms with Crippen molar-refractivity contribution in [3.63, 3.8) is 0 Å². The van der Waals surface area contributed by atoms with Crippen LogP contribution < -0.4 is 5.32 Å². The number of carbonyl (C=O) groups excluding carboxylic acids is 2. The van der Waals surface area contributed by atoms with Gasteiger partial charge >= 0.3 is 19.8 Å². The number of esters is 1. The molecule has 0 saturated heterocycles. The lowest BCUT2D eigenvalue weighted by molar-refractivity contribution is -0.147. The summed E-state index contributed by atoms with van der Waals surface area (Å²) in [6.45, 7) is 2.48. The first kappa shape index (κ1) is 67.7. The fourth-order valence-electron chi connectivity index (χ4n) is 7.66. The van der Waals surface area contributed by atoms with Crippen LogP contribution in [-0.4, -0.2) is 64.9 Å². The van der Waals surface area contributed by atoms with Crippen LogP contribution in [0.4, 0.5) is 0 Å². The Labute approximate surface area is 432 Å². The Morgan fingerprint density at radius 2 is 0.817 bits per heavy atom. The van der Waals surface area contributed by atoms with E-state index < -0.39 is 57.6 Å². The number of hydrogen-bond donors (Lipinski definition) is 4. The predicted molar refractivity (Wildman–Crippen MR) is 295 cm³/mol. The van der Waals surface area contributed by atoms with E-state index in [0.29, 0.717) is 19.3 Å². The highest BCUT2D eigenvalue weighted by molar-refractivity contribution is 7.47. The number of aliphatic hydroxyl groups excluding tert-OH is 1. The van der Waals surface area contributed by atoms with E-state index in [2.05, 4.69) is 92.1 Å². The number of hydrogen-bond acceptors (Lipinski definition) is 8. The van der Waals surface area contributed by atoms with Gasteiger partial charge in [0.05, 0.1) is 13.2 Å². The van der Waals surface area contributed by atoms with E-state index in [1.165, 1.54) is 128 Å². The minimum absolute atomic E-state index is 0.0614. The van der Waals surface area contributed by atoms with Gasteiger partial charge in [-0.3, -0.25) is 18.6 Å². The van der Waals surface area contributed by atoms with Gasteiger partial charge in [-0.05, 0) is 64.2 Å². The number of carboxylic acids is 1. The highest BCUT2D eigenvalue weighted by Crippen LogP contribution is 2.43. The van der Waals surface area contributed by atoms with Crippen molar-refractivity contribution in [2.45, 2.75) is 251 Å². The van der Waals surface area contributed by atoms with Gasteiger partial charge in [-0.2, -0.15) is 0 Å². The Morgan fingerprint density at radius 1 is 0.465 bits per heavy atom. The van der Waals surface area contributed by atoms with Crippen molar-refractivity contribution in [1.82, 2.24) is 5.32 Å². The van der Waals surface area contributed by atoms with Crippen LogP contribution in [0.2, 0.25) is 0 Å². The van der Waals surface area contributed by atoms with E-state index in [1.807, 2.05) is 12.2 Å². The molecule has 11 nitrogen and oxygen atoms in total. The molecule has 0 aromatic heterocycles. The molecule has 3 atom stereocenters. The Kier molecular flexibility index (Phi) is 50.5. The molecule has 1 amide bonds. The van der Waals surface area contributed by atoms with Crippen LogP contribution in [0.5, 0.6) is 0 Å². The highest BCUT2D eigenvalue weighted by atomic mass is 31.2. The van der Waals surface area contributed by atoms with Gasteiger partial charge in [0.15, 0.2) is 6.04 Å². The molecule has 408 valence electrons. The first-order valence-corrected chi connectivity index (χ1v) is 29.6. The third-order valence-electron chi connectivity index (χ3n) is 11.9. The number of amides is 1. The molecule has 3 unspecified atom stereocenters. The standard InChI is InChI=1S/C59H102NO10P/c1-3-5-7-9-11-13-15-17-19-21-23-25-27-29-31-33-35-37-39-41-43-45-47-49-51-58(63)68-52-55(61)53-69-71(66,67)70-54-56(59(64)65)60-57(62)50-48-46-44-42-40-38-36-34-32-30-28-26-24-22-20-18-16-14-12-10-8-6-4-2/h6,8,12,14,18,20,24,26,30,32,36,38,42,44,55-56,61H,3-5,7,9-11,13,15-17,19,21-23,25,27-29,31,33-35,37,39-41,43,45-54H2,1-2H3,(H,60,62)(H,64,65)(H,66,67)/b8-6-,14-12-,20-18-,26-24-,32-30-,38-36-,44-42-. The summed E-state index contributed by atoms with van der Waals surface area (Å²) in [5.74, 6) is -2.45. The largest absolute Gasteiger partial charge is 0.480 e. The van der Waals surface area contributed by atoms with Crippen LogP contribution >= 0.6 is 7.82 Å². The summed E-state index contributed by atoms with van der Waals surface area (Å²) in [5, 5.41) is 21.9. The minimum Gasteiger partial charge on any atom is -0.480 e. The lowest BCUT2D eigenvalue weighted by Crippen LogP contribution is -2.43. The maximum Gasteiger partial charge on any atom is 0.472 e. The number of phosphoric acid groups is 1. The van der Waals surface area contributed by atoms with Gasteiger partial charge in [0.25, 0.3) is 0 Å². The van der Waals surface area contributed by atoms with Crippen molar-refractivity contribution in [3.8, 4) is 0 Å². The number of aliphatic hydroxyl groups is 1. The molecule has 0 rings (SSSR count). The van der Waals surface area contributed by atoms with E-state index in [-0.39, 0.29) is 12.8 Å². The number of nitrogens with one attached hydrogen (secondary N) is 1. The molecule has 0 heterocycles. The lowest BCUT2D eigenvalue weighted by Gasteiger charge is -2.18. The second-order valence-electron chi connectivity index (χ2n) is 18.8. The van der Waals surface area contributed by atoms with Crippen LogP contribution in [0.1, 0.15) is 239 Å². The molecule has 0 fully saturated rings. The van der Waals surface area contributed by atoms with Crippen LogP contribution in [0, 0.1) is 0 Å². The predicted octanol–water partition coefficient (Wildman–Crippen LogP) is 16.2. The second-order valence-corrected chi connectivity index (χ2v) is 20.2. The van der Waals surface area contributed by atoms with Crippen molar-refractivity contribution >= 4 is 25.7 Å². The minimum atomic E-state index is -4.79. The zero-order valence-electron chi connectivity index (χ0n) is 44.8. The number of phosphoric ester groups is 1. The molecule has 12 heteroatoms. The first-order chi connectivity index (χ1) is 34.6. The monoisotopic (exact) mass is 1020 g/mol. The lowest BCUT2D eigenvalue weighted by atomic mass is 10.0. The fourth-order valence-corrected chi connectivity index (χ4v) is 8.43. The van der Waals surface area contributed by atoms with Gasteiger partial charge in [-0.1, -0.05) is 247 Å². The molecule has 4 N–H and O–H groups in total. The highest BCUT2D eigenvalue weighted by Gasteiger charge is 2.28. The molecule has 0 aromatic carbocycles. The summed E-state index contributed by atoms with van der Waals surface area (Å²) in [6, 6.07) is -1.58. The maximum absolute atomic E-state index is 12.4. The summed E-state index contributed by atoms with van der Waals surface area (Å²) in [6.07, 6.45) is 67.7. The third kappa shape index (κ3) is 52.8. The Bertz CT molecular complexity index is 1520. The zero-order chi connectivity index (χ0) is 52.0. The van der Waals surface area contributed by atoms with Crippen LogP contribution in [0.3, 0.4) is 0 Å². The van der Waals surface area contributed by atoms with Crippen molar-refractivity contribution < 1.29 is 47.8 Å². The quantitative estimate of drug-likeness (QED) is 0.0199. The van der Waals surface area contributed by atoms with Crippen LogP contribution in [0.25, 0.3) is 0 Å². The SMILES string of the molecule is CC/C=C\C/C=C\C/C=C\C/C=C\C/C=C\C/C=C\C/C=C\CCCC(=O)NC(COP(=O)(O)OCC(O)COC(=O)CCCCCCCCCCCCCCCCCCCCCCCCCC)C(=O)O. The maximum atomic E-state index is 12.4. The number of allylic oxidation sites excluding steroid dienone is 14. The summed E-state index contributed by atoms with van der Waals surface area (Å²) in [5.41, 5.74) is 0. The molecular weight excluding hydrogens is 914 g/mol.